The predicted molar refractivity (Wildman–Crippen MR) is 114 cm³/mol. The number of carbonyl (C=O) groups is 1. The molecule has 2 aromatic rings. The van der Waals surface area contributed by atoms with Gasteiger partial charge < -0.3 is 14.6 Å². The fourth-order valence-corrected chi connectivity index (χ4v) is 4.08. The minimum atomic E-state index is -4.62. The number of carbonyl (C=O) groups excluding carboxylic acids is 1. The number of phosphoric acid groups is 1. The molecule has 1 amide bonds. The molecule has 0 spiro atoms. The van der Waals surface area contributed by atoms with Crippen molar-refractivity contribution in [3.8, 4) is 11.5 Å². The Kier molecular flexibility index (Phi) is 7.78. The van der Waals surface area contributed by atoms with Gasteiger partial charge in [-0.1, -0.05) is 36.9 Å². The van der Waals surface area contributed by atoms with E-state index in [1.54, 1.807) is 6.07 Å². The number of hydrogen-bond acceptors (Lipinski definition) is 4. The van der Waals surface area contributed by atoms with Crippen molar-refractivity contribution in [3.05, 3.63) is 58.6 Å². The number of amides is 1. The van der Waals surface area contributed by atoms with E-state index in [-0.39, 0.29) is 18.2 Å². The number of phosphoric ester groups is 1. The number of halogens is 1. The minimum absolute atomic E-state index is 0.0181. The van der Waals surface area contributed by atoms with Gasteiger partial charge in [-0.2, -0.15) is 0 Å². The summed E-state index contributed by atoms with van der Waals surface area (Å²) in [6, 6.07) is 11.0. The van der Waals surface area contributed by atoms with Crippen molar-refractivity contribution in [2.24, 2.45) is 5.92 Å². The van der Waals surface area contributed by atoms with Gasteiger partial charge in [-0.15, -0.1) is 0 Å². The summed E-state index contributed by atoms with van der Waals surface area (Å²) in [5.41, 5.74) is 1.17. The quantitative estimate of drug-likeness (QED) is 0.500. The van der Waals surface area contributed by atoms with Gasteiger partial charge in [-0.25, -0.2) is 4.57 Å². The first-order valence-corrected chi connectivity index (χ1v) is 11.8. The molecule has 0 radical (unpaired) electrons. The van der Waals surface area contributed by atoms with Crippen LogP contribution < -0.4 is 14.6 Å². The van der Waals surface area contributed by atoms with Crippen LogP contribution in [0.5, 0.6) is 11.5 Å². The van der Waals surface area contributed by atoms with Crippen LogP contribution in [0.25, 0.3) is 0 Å². The van der Waals surface area contributed by atoms with Gasteiger partial charge in [0.1, 0.15) is 11.5 Å². The van der Waals surface area contributed by atoms with Crippen molar-refractivity contribution < 1.29 is 28.4 Å². The molecule has 0 aliphatic heterocycles. The van der Waals surface area contributed by atoms with E-state index in [2.05, 4.69) is 9.84 Å². The molecule has 7 nitrogen and oxygen atoms in total. The highest BCUT2D eigenvalue weighted by atomic mass is 35.5. The zero-order chi connectivity index (χ0) is 21.6. The fourth-order valence-electron chi connectivity index (χ4n) is 3.42. The third-order valence-electron chi connectivity index (χ3n) is 4.99. The van der Waals surface area contributed by atoms with Gasteiger partial charge in [0.15, 0.2) is 0 Å². The van der Waals surface area contributed by atoms with Crippen LogP contribution in [-0.4, -0.2) is 22.3 Å². The second-order valence-corrected chi connectivity index (χ2v) is 8.94. The van der Waals surface area contributed by atoms with E-state index in [0.29, 0.717) is 28.9 Å². The Hall–Kier alpha value is -2.05. The molecule has 1 aliphatic rings. The highest BCUT2D eigenvalue weighted by Crippen LogP contribution is 2.37. The first-order chi connectivity index (χ1) is 14.3. The summed E-state index contributed by atoms with van der Waals surface area (Å²) in [6.45, 7) is 0.958. The molecule has 0 bridgehead atoms. The van der Waals surface area contributed by atoms with Crippen molar-refractivity contribution in [3.63, 3.8) is 0 Å². The lowest BCUT2D eigenvalue weighted by Crippen LogP contribution is -2.22. The SMILES string of the molecule is O=C(NCc1ccc(OCC2CCCCC2)c(Cl)c1)c1ccc(OP(=O)(O)O)cc1. The third-order valence-corrected chi connectivity index (χ3v) is 5.73. The topological polar surface area (TPSA) is 105 Å². The predicted octanol–water partition coefficient (Wildman–Crippen LogP) is 4.70. The van der Waals surface area contributed by atoms with Crippen molar-refractivity contribution in [2.75, 3.05) is 6.61 Å². The van der Waals surface area contributed by atoms with Gasteiger partial charge in [0.05, 0.1) is 11.6 Å². The molecular formula is C21H25ClNO6P. The average Bonchev–Trinajstić information content (AvgIpc) is 2.71. The average molecular weight is 454 g/mol. The summed E-state index contributed by atoms with van der Waals surface area (Å²) in [6.07, 6.45) is 6.24. The van der Waals surface area contributed by atoms with Crippen LogP contribution in [-0.2, 0) is 11.1 Å². The summed E-state index contributed by atoms with van der Waals surface area (Å²) < 4.78 is 21.2. The van der Waals surface area contributed by atoms with Crippen LogP contribution >= 0.6 is 19.4 Å². The summed E-state index contributed by atoms with van der Waals surface area (Å²) >= 11 is 6.33. The summed E-state index contributed by atoms with van der Waals surface area (Å²) in [5, 5.41) is 3.29. The summed E-state index contributed by atoms with van der Waals surface area (Å²) in [5.74, 6) is 0.896. The lowest BCUT2D eigenvalue weighted by atomic mass is 9.90. The molecule has 1 saturated carbocycles. The highest BCUT2D eigenvalue weighted by Gasteiger charge is 2.17. The maximum Gasteiger partial charge on any atom is 0.524 e. The molecule has 0 heterocycles. The van der Waals surface area contributed by atoms with Crippen LogP contribution in [0.2, 0.25) is 5.02 Å². The third kappa shape index (κ3) is 7.03. The number of rotatable bonds is 8. The first kappa shape index (κ1) is 22.6. The van der Waals surface area contributed by atoms with Crippen LogP contribution in [0.4, 0.5) is 0 Å². The molecule has 1 aliphatic carbocycles. The molecule has 3 rings (SSSR count). The maximum absolute atomic E-state index is 12.3. The van der Waals surface area contributed by atoms with Gasteiger partial charge in [-0.05, 0) is 60.7 Å². The Balaban J connectivity index is 1.50. The largest absolute Gasteiger partial charge is 0.524 e. The summed E-state index contributed by atoms with van der Waals surface area (Å²) in [7, 11) is -4.62. The van der Waals surface area contributed by atoms with Gasteiger partial charge in [0.2, 0.25) is 0 Å². The molecule has 0 unspecified atom stereocenters. The van der Waals surface area contributed by atoms with Crippen LogP contribution in [0, 0.1) is 5.92 Å². The molecule has 3 N–H and O–H groups in total. The number of ether oxygens (including phenoxy) is 1. The monoisotopic (exact) mass is 453 g/mol. The molecule has 2 aromatic carbocycles. The Morgan fingerprint density at radius 1 is 1.10 bits per heavy atom. The second kappa shape index (κ2) is 10.3. The minimum Gasteiger partial charge on any atom is -0.492 e. The van der Waals surface area contributed by atoms with E-state index >= 15 is 0 Å². The summed E-state index contributed by atoms with van der Waals surface area (Å²) in [4.78, 5) is 29.9. The molecular weight excluding hydrogens is 429 g/mol. The van der Waals surface area contributed by atoms with Crippen molar-refractivity contribution in [2.45, 2.75) is 38.6 Å². The fraction of sp³-hybridized carbons (Fsp3) is 0.381. The zero-order valence-electron chi connectivity index (χ0n) is 16.4. The first-order valence-electron chi connectivity index (χ1n) is 9.85. The van der Waals surface area contributed by atoms with E-state index in [1.807, 2.05) is 12.1 Å². The number of hydrogen-bond donors (Lipinski definition) is 3. The lowest BCUT2D eigenvalue weighted by Gasteiger charge is -2.22. The van der Waals surface area contributed by atoms with E-state index in [0.717, 1.165) is 5.56 Å². The molecule has 0 atom stereocenters. The van der Waals surface area contributed by atoms with E-state index < -0.39 is 7.82 Å². The normalized spacial score (nSPS) is 14.9. The lowest BCUT2D eigenvalue weighted by molar-refractivity contribution is 0.0951. The van der Waals surface area contributed by atoms with E-state index in [4.69, 9.17) is 26.1 Å². The van der Waals surface area contributed by atoms with Crippen LogP contribution in [0.15, 0.2) is 42.5 Å². The molecule has 9 heteroatoms. The van der Waals surface area contributed by atoms with Gasteiger partial charge in [0, 0.05) is 12.1 Å². The Labute approximate surface area is 180 Å². The number of nitrogens with one attached hydrogen (secondary N) is 1. The standard InChI is InChI=1S/C21H25ClNO6P/c22-19-12-16(6-11-20(19)28-14-15-4-2-1-3-5-15)13-23-21(24)17-7-9-18(10-8-17)29-30(25,26)27/h6-12,15H,1-5,13-14H2,(H,23,24)(H2,25,26,27). The van der Waals surface area contributed by atoms with Crippen molar-refractivity contribution >= 4 is 25.3 Å². The van der Waals surface area contributed by atoms with E-state index in [9.17, 15) is 9.36 Å². The molecule has 0 saturated heterocycles. The van der Waals surface area contributed by atoms with Crippen LogP contribution in [0.3, 0.4) is 0 Å². The van der Waals surface area contributed by atoms with Gasteiger partial charge in [0.25, 0.3) is 5.91 Å². The van der Waals surface area contributed by atoms with Crippen molar-refractivity contribution in [1.82, 2.24) is 5.32 Å². The van der Waals surface area contributed by atoms with Gasteiger partial charge >= 0.3 is 7.82 Å². The Bertz CT molecular complexity index is 908. The smallest absolute Gasteiger partial charge is 0.492 e. The molecule has 30 heavy (non-hydrogen) atoms. The highest BCUT2D eigenvalue weighted by molar-refractivity contribution is 7.46. The molecule has 1 fully saturated rings. The Morgan fingerprint density at radius 3 is 2.43 bits per heavy atom. The second-order valence-electron chi connectivity index (χ2n) is 7.37. The maximum atomic E-state index is 12.3. The zero-order valence-corrected chi connectivity index (χ0v) is 18.1. The molecule has 162 valence electrons. The number of benzene rings is 2. The Morgan fingerprint density at radius 2 is 1.80 bits per heavy atom. The van der Waals surface area contributed by atoms with E-state index in [1.165, 1.54) is 56.4 Å². The van der Waals surface area contributed by atoms with Crippen molar-refractivity contribution in [1.29, 1.82) is 0 Å². The van der Waals surface area contributed by atoms with Crippen LogP contribution in [0.1, 0.15) is 48.0 Å². The van der Waals surface area contributed by atoms with Gasteiger partial charge in [-0.3, -0.25) is 14.6 Å². The molecule has 0 aromatic heterocycles.